The number of nitrogens with zero attached hydrogens (tertiary/aromatic N) is 2. The van der Waals surface area contributed by atoms with Gasteiger partial charge in [-0.15, -0.1) is 0 Å². The van der Waals surface area contributed by atoms with Gasteiger partial charge < -0.3 is 14.2 Å². The van der Waals surface area contributed by atoms with Crippen molar-refractivity contribution < 1.29 is 19.0 Å². The molecule has 7 heteroatoms. The van der Waals surface area contributed by atoms with Crippen LogP contribution < -0.4 is 4.74 Å². The van der Waals surface area contributed by atoms with Gasteiger partial charge in [0.25, 0.3) is 0 Å². The van der Waals surface area contributed by atoms with E-state index in [9.17, 15) is 4.79 Å². The normalized spacial score (nSPS) is 11.8. The van der Waals surface area contributed by atoms with Gasteiger partial charge in [-0.25, -0.2) is 9.97 Å². The number of aromatic nitrogens is 2. The Balaban J connectivity index is 2.34. The average molecular weight is 323 g/mol. The fraction of sp³-hybridized carbons (Fsp3) is 0.267. The van der Waals surface area contributed by atoms with Crippen molar-refractivity contribution in [3.8, 4) is 11.6 Å². The molecular formula is C15H15ClN2O4. The average Bonchev–Trinajstić information content (AvgIpc) is 2.53. The van der Waals surface area contributed by atoms with Crippen LogP contribution in [-0.4, -0.2) is 36.8 Å². The molecule has 0 N–H and O–H groups in total. The van der Waals surface area contributed by atoms with Crippen molar-refractivity contribution in [2.24, 2.45) is 0 Å². The SMILES string of the molecule is COCC(C(=O)OC)c1ccccc1Oc1cc(Cl)ncn1. The molecule has 0 saturated carbocycles. The molecule has 1 aromatic heterocycles. The second-order valence-electron chi connectivity index (χ2n) is 4.35. The molecule has 1 atom stereocenters. The maximum atomic E-state index is 12.0. The molecule has 2 rings (SSSR count). The van der Waals surface area contributed by atoms with Crippen LogP contribution in [0.15, 0.2) is 36.7 Å². The molecule has 0 aliphatic carbocycles. The van der Waals surface area contributed by atoms with E-state index in [0.717, 1.165) is 0 Å². The summed E-state index contributed by atoms with van der Waals surface area (Å²) >= 11 is 5.81. The quantitative estimate of drug-likeness (QED) is 0.601. The van der Waals surface area contributed by atoms with Gasteiger partial charge in [0.15, 0.2) is 0 Å². The highest BCUT2D eigenvalue weighted by atomic mass is 35.5. The molecule has 0 aliphatic rings. The van der Waals surface area contributed by atoms with Crippen LogP contribution >= 0.6 is 11.6 Å². The number of methoxy groups -OCH3 is 2. The second kappa shape index (κ2) is 7.72. The minimum atomic E-state index is -0.594. The van der Waals surface area contributed by atoms with E-state index in [1.807, 2.05) is 0 Å². The van der Waals surface area contributed by atoms with Gasteiger partial charge in [-0.05, 0) is 6.07 Å². The number of benzene rings is 1. The van der Waals surface area contributed by atoms with E-state index in [4.69, 9.17) is 25.8 Å². The van der Waals surface area contributed by atoms with Gasteiger partial charge in [-0.3, -0.25) is 4.79 Å². The zero-order chi connectivity index (χ0) is 15.9. The standard InChI is InChI=1S/C15H15ClN2O4/c1-20-8-11(15(19)21-2)10-5-3-4-6-12(10)22-14-7-13(16)17-9-18-14/h3-7,9,11H,8H2,1-2H3. The maximum absolute atomic E-state index is 12.0. The number of carbonyl (C=O) groups is 1. The Morgan fingerprint density at radius 2 is 2.05 bits per heavy atom. The van der Waals surface area contributed by atoms with Crippen molar-refractivity contribution in [2.45, 2.75) is 5.92 Å². The summed E-state index contributed by atoms with van der Waals surface area (Å²) in [5.74, 6) is -0.236. The minimum absolute atomic E-state index is 0.178. The Labute approximate surface area is 133 Å². The number of esters is 1. The van der Waals surface area contributed by atoms with E-state index < -0.39 is 11.9 Å². The number of hydrogen-bond donors (Lipinski definition) is 0. The van der Waals surface area contributed by atoms with Crippen molar-refractivity contribution >= 4 is 17.6 Å². The van der Waals surface area contributed by atoms with Crippen LogP contribution in [0.5, 0.6) is 11.6 Å². The molecule has 1 unspecified atom stereocenters. The van der Waals surface area contributed by atoms with Crippen LogP contribution in [0.25, 0.3) is 0 Å². The van der Waals surface area contributed by atoms with Crippen LogP contribution in [0.2, 0.25) is 5.15 Å². The largest absolute Gasteiger partial charge is 0.468 e. The molecule has 0 aliphatic heterocycles. The fourth-order valence-electron chi connectivity index (χ4n) is 1.94. The first-order valence-corrected chi connectivity index (χ1v) is 6.84. The highest BCUT2D eigenvalue weighted by Crippen LogP contribution is 2.31. The lowest BCUT2D eigenvalue weighted by molar-refractivity contribution is -0.143. The minimum Gasteiger partial charge on any atom is -0.468 e. The van der Waals surface area contributed by atoms with Gasteiger partial charge in [-0.2, -0.15) is 0 Å². The molecule has 6 nitrogen and oxygen atoms in total. The molecule has 0 amide bonds. The first kappa shape index (κ1) is 16.2. The molecule has 0 saturated heterocycles. The Hall–Kier alpha value is -2.18. The first-order valence-electron chi connectivity index (χ1n) is 6.46. The van der Waals surface area contributed by atoms with Gasteiger partial charge in [0.05, 0.1) is 13.7 Å². The summed E-state index contributed by atoms with van der Waals surface area (Å²) in [4.78, 5) is 19.7. The van der Waals surface area contributed by atoms with Crippen LogP contribution in [0.1, 0.15) is 11.5 Å². The Morgan fingerprint density at radius 1 is 1.27 bits per heavy atom. The Bertz CT molecular complexity index is 651. The third-order valence-electron chi connectivity index (χ3n) is 2.94. The van der Waals surface area contributed by atoms with E-state index in [-0.39, 0.29) is 17.6 Å². The highest BCUT2D eigenvalue weighted by molar-refractivity contribution is 6.29. The van der Waals surface area contributed by atoms with Crippen molar-refractivity contribution in [3.63, 3.8) is 0 Å². The summed E-state index contributed by atoms with van der Waals surface area (Å²) < 4.78 is 15.6. The summed E-state index contributed by atoms with van der Waals surface area (Å²) in [7, 11) is 2.85. The van der Waals surface area contributed by atoms with Gasteiger partial charge in [-0.1, -0.05) is 29.8 Å². The zero-order valence-corrected chi connectivity index (χ0v) is 12.9. The number of halogens is 1. The fourth-order valence-corrected chi connectivity index (χ4v) is 2.08. The predicted molar refractivity (Wildman–Crippen MR) is 80.2 cm³/mol. The second-order valence-corrected chi connectivity index (χ2v) is 4.74. The molecule has 2 aromatic rings. The van der Waals surface area contributed by atoms with Crippen LogP contribution in [0, 0.1) is 0 Å². The van der Waals surface area contributed by atoms with Gasteiger partial charge in [0.2, 0.25) is 5.88 Å². The number of rotatable bonds is 6. The van der Waals surface area contributed by atoms with Crippen molar-refractivity contribution in [1.29, 1.82) is 0 Å². The maximum Gasteiger partial charge on any atom is 0.315 e. The summed E-state index contributed by atoms with van der Waals surface area (Å²) in [6, 6.07) is 8.60. The molecule has 22 heavy (non-hydrogen) atoms. The summed E-state index contributed by atoms with van der Waals surface area (Å²) in [5, 5.41) is 0.267. The summed E-state index contributed by atoms with van der Waals surface area (Å²) in [6.45, 7) is 0.178. The molecule has 0 spiro atoms. The first-order chi connectivity index (χ1) is 10.7. The van der Waals surface area contributed by atoms with E-state index >= 15 is 0 Å². The van der Waals surface area contributed by atoms with Crippen molar-refractivity contribution in [2.75, 3.05) is 20.8 Å². The molecule has 1 aromatic carbocycles. The van der Waals surface area contributed by atoms with E-state index in [0.29, 0.717) is 11.3 Å². The van der Waals surface area contributed by atoms with Crippen molar-refractivity contribution in [3.05, 3.63) is 47.4 Å². The third kappa shape index (κ3) is 3.93. The zero-order valence-electron chi connectivity index (χ0n) is 12.2. The number of hydrogen-bond acceptors (Lipinski definition) is 6. The van der Waals surface area contributed by atoms with Gasteiger partial charge >= 0.3 is 5.97 Å². The smallest absolute Gasteiger partial charge is 0.315 e. The highest BCUT2D eigenvalue weighted by Gasteiger charge is 2.25. The third-order valence-corrected chi connectivity index (χ3v) is 3.14. The van der Waals surface area contributed by atoms with Crippen molar-refractivity contribution in [1.82, 2.24) is 9.97 Å². The predicted octanol–water partition coefficient (Wildman–Crippen LogP) is 2.83. The molecular weight excluding hydrogens is 308 g/mol. The molecule has 116 valence electrons. The lowest BCUT2D eigenvalue weighted by Crippen LogP contribution is -2.19. The molecule has 0 bridgehead atoms. The van der Waals surface area contributed by atoms with E-state index in [1.165, 1.54) is 26.6 Å². The van der Waals surface area contributed by atoms with Crippen LogP contribution in [0.3, 0.4) is 0 Å². The molecule has 1 heterocycles. The number of carbonyl (C=O) groups excluding carboxylic acids is 1. The lowest BCUT2D eigenvalue weighted by Gasteiger charge is -2.17. The van der Waals surface area contributed by atoms with Crippen LogP contribution in [0.4, 0.5) is 0 Å². The summed E-state index contributed by atoms with van der Waals surface area (Å²) in [6.07, 6.45) is 1.30. The number of para-hydroxylation sites is 1. The van der Waals surface area contributed by atoms with E-state index in [1.54, 1.807) is 24.3 Å². The Kier molecular flexibility index (Phi) is 5.68. The Morgan fingerprint density at radius 3 is 2.73 bits per heavy atom. The van der Waals surface area contributed by atoms with Gasteiger partial charge in [0.1, 0.15) is 23.1 Å². The van der Waals surface area contributed by atoms with Crippen LogP contribution in [-0.2, 0) is 14.3 Å². The lowest BCUT2D eigenvalue weighted by atomic mass is 9.99. The molecule has 0 radical (unpaired) electrons. The topological polar surface area (TPSA) is 70.5 Å². The summed E-state index contributed by atoms with van der Waals surface area (Å²) in [5.41, 5.74) is 0.644. The van der Waals surface area contributed by atoms with Gasteiger partial charge in [0, 0.05) is 18.7 Å². The molecule has 0 fully saturated rings. The van der Waals surface area contributed by atoms with E-state index in [2.05, 4.69) is 9.97 Å². The number of ether oxygens (including phenoxy) is 3. The monoisotopic (exact) mass is 322 g/mol.